The molecule has 3 aromatic rings. The molecule has 27 heavy (non-hydrogen) atoms. The molecule has 0 spiro atoms. The standard InChI is InChI=1S/C20H23N5OS/c1-26-20-15-11-14(5-6-16(15)21-13-22-20)25-9-7-24(8-10-25)12-19-23-17-3-2-4-18(17)27-19/h5-6,11,13H,2-4,7-10,12H2,1H3. The van der Waals surface area contributed by atoms with Crippen LogP contribution >= 0.6 is 11.3 Å². The van der Waals surface area contributed by atoms with Crippen LogP contribution in [0.2, 0.25) is 0 Å². The van der Waals surface area contributed by atoms with Gasteiger partial charge < -0.3 is 9.64 Å². The van der Waals surface area contributed by atoms with Gasteiger partial charge in [0.2, 0.25) is 5.88 Å². The van der Waals surface area contributed by atoms with Crippen molar-refractivity contribution in [3.8, 4) is 5.88 Å². The van der Waals surface area contributed by atoms with Gasteiger partial charge in [0.1, 0.15) is 11.3 Å². The number of nitrogens with zero attached hydrogens (tertiary/aromatic N) is 5. The number of anilines is 1. The van der Waals surface area contributed by atoms with Gasteiger partial charge in [-0.3, -0.25) is 4.90 Å². The highest BCUT2D eigenvalue weighted by molar-refractivity contribution is 7.11. The van der Waals surface area contributed by atoms with Gasteiger partial charge in [0.25, 0.3) is 0 Å². The number of piperazine rings is 1. The summed E-state index contributed by atoms with van der Waals surface area (Å²) in [6.07, 6.45) is 5.24. The Hall–Kier alpha value is -2.25. The molecule has 1 aliphatic heterocycles. The molecular weight excluding hydrogens is 358 g/mol. The number of fused-ring (bicyclic) bond motifs is 2. The fourth-order valence-electron chi connectivity index (χ4n) is 4.05. The van der Waals surface area contributed by atoms with Crippen molar-refractivity contribution in [3.63, 3.8) is 0 Å². The molecule has 0 bridgehead atoms. The van der Waals surface area contributed by atoms with Gasteiger partial charge in [-0.15, -0.1) is 11.3 Å². The first-order valence-corrected chi connectivity index (χ1v) is 10.4. The average Bonchev–Trinajstić information content (AvgIpc) is 3.29. The molecule has 2 aliphatic rings. The first kappa shape index (κ1) is 16.9. The summed E-state index contributed by atoms with van der Waals surface area (Å²) in [4.78, 5) is 19.9. The van der Waals surface area contributed by atoms with E-state index in [9.17, 15) is 0 Å². The van der Waals surface area contributed by atoms with E-state index in [0.29, 0.717) is 5.88 Å². The summed E-state index contributed by atoms with van der Waals surface area (Å²) in [6, 6.07) is 6.35. The van der Waals surface area contributed by atoms with E-state index in [0.717, 1.165) is 43.6 Å². The van der Waals surface area contributed by atoms with Gasteiger partial charge in [0, 0.05) is 36.7 Å². The van der Waals surface area contributed by atoms with E-state index in [4.69, 9.17) is 9.72 Å². The van der Waals surface area contributed by atoms with Crippen LogP contribution in [0.25, 0.3) is 10.9 Å². The zero-order chi connectivity index (χ0) is 18.2. The van der Waals surface area contributed by atoms with Gasteiger partial charge in [-0.1, -0.05) is 0 Å². The average molecular weight is 382 g/mol. The lowest BCUT2D eigenvalue weighted by Gasteiger charge is -2.35. The van der Waals surface area contributed by atoms with Crippen molar-refractivity contribution in [2.24, 2.45) is 0 Å². The molecule has 0 radical (unpaired) electrons. The molecule has 1 aliphatic carbocycles. The topological polar surface area (TPSA) is 54.4 Å². The lowest BCUT2D eigenvalue weighted by atomic mass is 10.2. The monoisotopic (exact) mass is 381 g/mol. The SMILES string of the molecule is COc1ncnc2ccc(N3CCN(Cc4nc5c(s4)CCC5)CC3)cc12. The quantitative estimate of drug-likeness (QED) is 0.693. The number of rotatable bonds is 4. The molecule has 1 saturated heterocycles. The third-order valence-corrected chi connectivity index (χ3v) is 6.65. The van der Waals surface area contributed by atoms with Crippen LogP contribution in [-0.2, 0) is 19.4 Å². The Morgan fingerprint density at radius 3 is 2.81 bits per heavy atom. The number of benzene rings is 1. The molecule has 5 rings (SSSR count). The van der Waals surface area contributed by atoms with Crippen molar-refractivity contribution >= 4 is 27.9 Å². The second-order valence-electron chi connectivity index (χ2n) is 7.18. The van der Waals surface area contributed by atoms with Crippen LogP contribution in [0.4, 0.5) is 5.69 Å². The van der Waals surface area contributed by atoms with Crippen LogP contribution in [0.1, 0.15) is 22.0 Å². The molecule has 6 nitrogen and oxygen atoms in total. The van der Waals surface area contributed by atoms with Crippen LogP contribution in [-0.4, -0.2) is 53.1 Å². The molecule has 2 aromatic heterocycles. The third-order valence-electron chi connectivity index (χ3n) is 5.51. The minimum absolute atomic E-state index is 0.636. The maximum atomic E-state index is 5.40. The van der Waals surface area contributed by atoms with Gasteiger partial charge in [0.05, 0.1) is 30.3 Å². The molecule has 7 heteroatoms. The van der Waals surface area contributed by atoms with Gasteiger partial charge in [0.15, 0.2) is 0 Å². The summed E-state index contributed by atoms with van der Waals surface area (Å²) in [5.74, 6) is 0.636. The largest absolute Gasteiger partial charge is 0.480 e. The van der Waals surface area contributed by atoms with Gasteiger partial charge in [-0.05, 0) is 37.5 Å². The summed E-state index contributed by atoms with van der Waals surface area (Å²) >= 11 is 1.92. The molecule has 0 atom stereocenters. The Morgan fingerprint density at radius 1 is 1.11 bits per heavy atom. The predicted molar refractivity (Wildman–Crippen MR) is 108 cm³/mol. The first-order valence-electron chi connectivity index (χ1n) is 9.53. The number of hydrogen-bond donors (Lipinski definition) is 0. The smallest absolute Gasteiger partial charge is 0.224 e. The van der Waals surface area contributed by atoms with Crippen LogP contribution in [0.3, 0.4) is 0 Å². The highest BCUT2D eigenvalue weighted by atomic mass is 32.1. The summed E-state index contributed by atoms with van der Waals surface area (Å²) in [6.45, 7) is 5.15. The van der Waals surface area contributed by atoms with E-state index in [2.05, 4.69) is 38.0 Å². The summed E-state index contributed by atoms with van der Waals surface area (Å²) < 4.78 is 5.40. The van der Waals surface area contributed by atoms with E-state index in [1.54, 1.807) is 13.4 Å². The van der Waals surface area contributed by atoms with Crippen LogP contribution < -0.4 is 9.64 Å². The lowest BCUT2D eigenvalue weighted by Crippen LogP contribution is -2.45. The number of ether oxygens (including phenoxy) is 1. The minimum Gasteiger partial charge on any atom is -0.480 e. The van der Waals surface area contributed by atoms with Crippen LogP contribution in [0.5, 0.6) is 5.88 Å². The number of aryl methyl sites for hydroxylation is 2. The fraction of sp³-hybridized carbons (Fsp3) is 0.450. The molecule has 0 amide bonds. The van der Waals surface area contributed by atoms with Crippen LogP contribution in [0.15, 0.2) is 24.5 Å². The van der Waals surface area contributed by atoms with Crippen molar-refractivity contribution in [1.82, 2.24) is 19.9 Å². The Kier molecular flexibility index (Phi) is 4.41. The van der Waals surface area contributed by atoms with E-state index < -0.39 is 0 Å². The Morgan fingerprint density at radius 2 is 2.00 bits per heavy atom. The second-order valence-corrected chi connectivity index (χ2v) is 8.35. The van der Waals surface area contributed by atoms with E-state index in [-0.39, 0.29) is 0 Å². The summed E-state index contributed by atoms with van der Waals surface area (Å²) in [7, 11) is 1.65. The summed E-state index contributed by atoms with van der Waals surface area (Å²) in [5.41, 5.74) is 3.49. The third kappa shape index (κ3) is 3.26. The number of aromatic nitrogens is 3. The summed E-state index contributed by atoms with van der Waals surface area (Å²) in [5, 5.41) is 2.26. The van der Waals surface area contributed by atoms with E-state index in [1.807, 2.05) is 11.3 Å². The maximum Gasteiger partial charge on any atom is 0.224 e. The Labute approximate surface area is 162 Å². The fourth-order valence-corrected chi connectivity index (χ4v) is 5.25. The number of methoxy groups -OCH3 is 1. The highest BCUT2D eigenvalue weighted by Crippen LogP contribution is 2.29. The minimum atomic E-state index is 0.636. The molecule has 1 fully saturated rings. The van der Waals surface area contributed by atoms with Crippen molar-refractivity contribution < 1.29 is 4.74 Å². The molecule has 0 saturated carbocycles. The van der Waals surface area contributed by atoms with Gasteiger partial charge >= 0.3 is 0 Å². The number of hydrogen-bond acceptors (Lipinski definition) is 7. The van der Waals surface area contributed by atoms with E-state index in [1.165, 1.54) is 40.5 Å². The Bertz CT molecular complexity index is 943. The molecule has 1 aromatic carbocycles. The van der Waals surface area contributed by atoms with Crippen molar-refractivity contribution in [2.75, 3.05) is 38.2 Å². The van der Waals surface area contributed by atoms with E-state index >= 15 is 0 Å². The second kappa shape index (κ2) is 7.05. The predicted octanol–water partition coefficient (Wildman–Crippen LogP) is 2.91. The normalized spacial score (nSPS) is 17.4. The van der Waals surface area contributed by atoms with Gasteiger partial charge in [-0.2, -0.15) is 0 Å². The first-order chi connectivity index (χ1) is 13.3. The molecule has 0 N–H and O–H groups in total. The van der Waals surface area contributed by atoms with Crippen molar-refractivity contribution in [3.05, 3.63) is 40.1 Å². The number of thiazole rings is 1. The molecular formula is C20H23N5OS. The highest BCUT2D eigenvalue weighted by Gasteiger charge is 2.21. The van der Waals surface area contributed by atoms with Crippen molar-refractivity contribution in [2.45, 2.75) is 25.8 Å². The maximum absolute atomic E-state index is 5.40. The Balaban J connectivity index is 1.26. The zero-order valence-corrected chi connectivity index (χ0v) is 16.3. The molecule has 0 unspecified atom stereocenters. The lowest BCUT2D eigenvalue weighted by molar-refractivity contribution is 0.249. The molecule has 140 valence electrons. The van der Waals surface area contributed by atoms with Crippen molar-refractivity contribution in [1.29, 1.82) is 0 Å². The zero-order valence-electron chi connectivity index (χ0n) is 15.5. The van der Waals surface area contributed by atoms with Crippen LogP contribution in [0, 0.1) is 0 Å². The van der Waals surface area contributed by atoms with Gasteiger partial charge in [-0.25, -0.2) is 15.0 Å². The molecule has 3 heterocycles.